The molecule has 0 aromatic heterocycles. The summed E-state index contributed by atoms with van der Waals surface area (Å²) >= 11 is 0. The van der Waals surface area contributed by atoms with Gasteiger partial charge in [-0.05, 0) is 200 Å². The number of hydrogen-bond donors (Lipinski definition) is 0. The normalized spacial score (nSPS) is 42.2. The van der Waals surface area contributed by atoms with Crippen LogP contribution >= 0.6 is 0 Å². The molecule has 0 N–H and O–H groups in total. The van der Waals surface area contributed by atoms with Gasteiger partial charge in [-0.2, -0.15) is 0 Å². The fourth-order valence-corrected chi connectivity index (χ4v) is 16.9. The van der Waals surface area contributed by atoms with E-state index in [4.69, 9.17) is 0 Å². The molecule has 0 spiro atoms. The minimum absolute atomic E-state index is 0. The fourth-order valence-electron chi connectivity index (χ4n) is 16.9. The standard InChI is InChI=1S/C49H60.2ClH.Zr/c1-46(11-4-3-5-12-46)39-20-36-10-13-47(2,44(36)23-39)45-40-8-6-37(48-24-30-14-31(25-48)16-32(15-30)26-48)21-42(40)43-22-38(7-9-41(43)45)49-27-33-17-34(28-49)19-35(18-33)29-49;;;/h6-9,21-23,30-35,45H,3-5,10-20,24-29H2,1-2H3;2*1H;/q;;;+2/p-2. The summed E-state index contributed by atoms with van der Waals surface area (Å²) in [5, 5.41) is 0. The minimum atomic E-state index is 0. The van der Waals surface area contributed by atoms with E-state index in [1.807, 2.05) is 5.57 Å². The number of fused-ring (bicyclic) bond motifs is 3. The van der Waals surface area contributed by atoms with Crippen molar-refractivity contribution in [3.63, 3.8) is 0 Å². The Morgan fingerprint density at radius 3 is 1.44 bits per heavy atom. The summed E-state index contributed by atoms with van der Waals surface area (Å²) in [7, 11) is 0. The zero-order valence-corrected chi connectivity index (χ0v) is 36.0. The summed E-state index contributed by atoms with van der Waals surface area (Å²) in [6, 6.07) is 16.5. The van der Waals surface area contributed by atoms with Gasteiger partial charge in [0.25, 0.3) is 0 Å². The Balaban J connectivity index is 0.00000120. The molecule has 52 heavy (non-hydrogen) atoms. The SMILES string of the molecule is CC1(C2=CC3=C(CCC3(C)C3c4ccc(C56CC7CC(CC(C7)C5)C6)cc4-c4cc(C56CC7CC(CC(C7)C5)C6)ccc43)C2)CCCCC1.[Cl-].[Cl-].[Zr+2]. The van der Waals surface area contributed by atoms with Gasteiger partial charge in [0, 0.05) is 11.3 Å². The van der Waals surface area contributed by atoms with Gasteiger partial charge in [-0.15, -0.1) is 0 Å². The molecule has 12 aliphatic rings. The summed E-state index contributed by atoms with van der Waals surface area (Å²) in [5.41, 5.74) is 17.1. The summed E-state index contributed by atoms with van der Waals surface area (Å²) in [6.07, 6.45) is 31.9. The van der Waals surface area contributed by atoms with Gasteiger partial charge in [0.2, 0.25) is 0 Å². The molecule has 0 amide bonds. The molecule has 1 atom stereocenters. The molecule has 9 fully saturated rings. The molecule has 0 aliphatic heterocycles. The Labute approximate surface area is 346 Å². The van der Waals surface area contributed by atoms with E-state index >= 15 is 0 Å². The van der Waals surface area contributed by atoms with Gasteiger partial charge >= 0.3 is 26.2 Å². The van der Waals surface area contributed by atoms with Crippen molar-refractivity contribution in [1.29, 1.82) is 0 Å². The van der Waals surface area contributed by atoms with Gasteiger partial charge in [-0.1, -0.05) is 86.7 Å². The first kappa shape index (κ1) is 37.0. The molecule has 0 radical (unpaired) electrons. The number of allylic oxidation sites excluding steroid dienone is 4. The zero-order chi connectivity index (χ0) is 32.3. The third-order valence-corrected chi connectivity index (χ3v) is 18.4. The van der Waals surface area contributed by atoms with Crippen molar-refractivity contribution < 1.29 is 51.0 Å². The summed E-state index contributed by atoms with van der Waals surface area (Å²) < 4.78 is 0. The Morgan fingerprint density at radius 2 is 1.00 bits per heavy atom. The van der Waals surface area contributed by atoms with E-state index in [1.165, 1.54) is 128 Å². The van der Waals surface area contributed by atoms with Crippen LogP contribution < -0.4 is 24.8 Å². The summed E-state index contributed by atoms with van der Waals surface area (Å²) in [4.78, 5) is 0. The molecule has 0 saturated heterocycles. The molecule has 1 unspecified atom stereocenters. The van der Waals surface area contributed by atoms with Crippen LogP contribution in [0.3, 0.4) is 0 Å². The molecule has 12 aliphatic carbocycles. The number of rotatable bonds is 4. The Morgan fingerprint density at radius 1 is 0.558 bits per heavy atom. The third kappa shape index (κ3) is 5.18. The van der Waals surface area contributed by atoms with E-state index < -0.39 is 0 Å². The Bertz CT molecular complexity index is 1670. The topological polar surface area (TPSA) is 0 Å². The van der Waals surface area contributed by atoms with E-state index in [1.54, 1.807) is 44.5 Å². The second kappa shape index (κ2) is 12.7. The van der Waals surface area contributed by atoms with E-state index in [2.05, 4.69) is 56.3 Å². The smallest absolute Gasteiger partial charge is 1.00 e. The van der Waals surface area contributed by atoms with Crippen LogP contribution in [0, 0.1) is 46.3 Å². The van der Waals surface area contributed by atoms with Gasteiger partial charge in [0.05, 0.1) is 0 Å². The van der Waals surface area contributed by atoms with Crippen LogP contribution in [0.5, 0.6) is 0 Å². The van der Waals surface area contributed by atoms with Crippen molar-refractivity contribution in [1.82, 2.24) is 0 Å². The van der Waals surface area contributed by atoms with Crippen molar-refractivity contribution in [3.8, 4) is 11.1 Å². The molecule has 8 bridgehead atoms. The van der Waals surface area contributed by atoms with Crippen LogP contribution in [-0.2, 0) is 37.0 Å². The van der Waals surface area contributed by atoms with Crippen molar-refractivity contribution in [2.24, 2.45) is 46.3 Å². The molecule has 0 nitrogen and oxygen atoms in total. The Hall–Kier alpha value is -0.617. The molecule has 9 saturated carbocycles. The average Bonchev–Trinajstić information content (AvgIpc) is 3.75. The van der Waals surface area contributed by atoms with E-state index in [-0.39, 0.29) is 56.4 Å². The Kier molecular flexibility index (Phi) is 9.03. The first-order valence-corrected chi connectivity index (χ1v) is 21.5. The first-order valence-electron chi connectivity index (χ1n) is 21.5. The van der Waals surface area contributed by atoms with Gasteiger partial charge in [0.15, 0.2) is 0 Å². The maximum Gasteiger partial charge on any atom is 2.00 e. The zero-order valence-electron chi connectivity index (χ0n) is 32.0. The van der Waals surface area contributed by atoms with E-state index in [0.29, 0.717) is 22.2 Å². The molecule has 14 rings (SSSR count). The predicted molar refractivity (Wildman–Crippen MR) is 202 cm³/mol. The van der Waals surface area contributed by atoms with Gasteiger partial charge in [-0.3, -0.25) is 0 Å². The van der Waals surface area contributed by atoms with Gasteiger partial charge in [0.1, 0.15) is 0 Å². The fraction of sp³-hybridized carbons (Fsp3) is 0.673. The predicted octanol–water partition coefficient (Wildman–Crippen LogP) is 7.14. The molecule has 274 valence electrons. The molecule has 2 aromatic carbocycles. The monoisotopic (exact) mass is 808 g/mol. The minimum Gasteiger partial charge on any atom is -1.00 e. The van der Waals surface area contributed by atoms with Crippen LogP contribution in [0.25, 0.3) is 11.1 Å². The van der Waals surface area contributed by atoms with Crippen molar-refractivity contribution >= 4 is 0 Å². The molecular formula is C49H60Cl2Zr. The van der Waals surface area contributed by atoms with E-state index in [9.17, 15) is 0 Å². The second-order valence-corrected chi connectivity index (χ2v) is 21.3. The molecular weight excluding hydrogens is 751 g/mol. The van der Waals surface area contributed by atoms with Crippen molar-refractivity contribution in [2.75, 3.05) is 0 Å². The summed E-state index contributed by atoms with van der Waals surface area (Å²) in [5.74, 6) is 6.49. The maximum atomic E-state index is 2.83. The largest absolute Gasteiger partial charge is 2.00 e. The van der Waals surface area contributed by atoms with Gasteiger partial charge < -0.3 is 24.8 Å². The number of hydrogen-bond acceptors (Lipinski definition) is 0. The van der Waals surface area contributed by atoms with Crippen LogP contribution in [-0.4, -0.2) is 0 Å². The van der Waals surface area contributed by atoms with Gasteiger partial charge in [-0.25, -0.2) is 0 Å². The van der Waals surface area contributed by atoms with Crippen LogP contribution in [0.15, 0.2) is 59.2 Å². The number of benzene rings is 2. The van der Waals surface area contributed by atoms with Crippen LogP contribution in [0.1, 0.15) is 170 Å². The average molecular weight is 811 g/mol. The maximum absolute atomic E-state index is 2.83. The van der Waals surface area contributed by atoms with Crippen molar-refractivity contribution in [3.05, 3.63) is 81.4 Å². The van der Waals surface area contributed by atoms with Crippen LogP contribution in [0.4, 0.5) is 0 Å². The number of halogens is 2. The molecule has 0 heterocycles. The second-order valence-electron chi connectivity index (χ2n) is 21.3. The van der Waals surface area contributed by atoms with E-state index in [0.717, 1.165) is 35.5 Å². The molecule has 2 aromatic rings. The van der Waals surface area contributed by atoms with Crippen LogP contribution in [0.2, 0.25) is 0 Å². The third-order valence-electron chi connectivity index (χ3n) is 18.4. The summed E-state index contributed by atoms with van der Waals surface area (Å²) in [6.45, 7) is 5.33. The molecule has 3 heteroatoms. The first-order chi connectivity index (χ1) is 23.8. The van der Waals surface area contributed by atoms with Crippen molar-refractivity contribution in [2.45, 2.75) is 159 Å². The quantitative estimate of drug-likeness (QED) is 0.309.